The Balaban J connectivity index is 1.57. The van der Waals surface area contributed by atoms with E-state index in [2.05, 4.69) is 27.2 Å². The van der Waals surface area contributed by atoms with Crippen molar-refractivity contribution in [3.05, 3.63) is 23.0 Å². The lowest BCUT2D eigenvalue weighted by atomic mass is 9.97. The fourth-order valence-corrected chi connectivity index (χ4v) is 3.49. The lowest BCUT2D eigenvalue weighted by molar-refractivity contribution is -0.123. The summed E-state index contributed by atoms with van der Waals surface area (Å²) in [6, 6.07) is 2.03. The predicted octanol–water partition coefficient (Wildman–Crippen LogP) is 1.65. The number of nitrogens with two attached hydrogens (primary N) is 1. The maximum Gasteiger partial charge on any atom is 0.221 e. The molecule has 2 aromatic heterocycles. The van der Waals surface area contributed by atoms with Crippen molar-refractivity contribution in [2.24, 2.45) is 11.7 Å². The molecule has 0 aromatic carbocycles. The van der Waals surface area contributed by atoms with Gasteiger partial charge in [0.15, 0.2) is 5.65 Å². The van der Waals surface area contributed by atoms with Crippen LogP contribution in [0.15, 0.2) is 6.07 Å². The van der Waals surface area contributed by atoms with Crippen molar-refractivity contribution in [3.8, 4) is 0 Å². The fraction of sp³-hybridized carbons (Fsp3) is 0.611. The van der Waals surface area contributed by atoms with Gasteiger partial charge in [-0.25, -0.2) is 4.98 Å². The summed E-state index contributed by atoms with van der Waals surface area (Å²) < 4.78 is 1.89. The minimum Gasteiger partial charge on any atom is -0.370 e. The van der Waals surface area contributed by atoms with Crippen molar-refractivity contribution in [1.82, 2.24) is 19.5 Å². The van der Waals surface area contributed by atoms with Gasteiger partial charge in [0.05, 0.1) is 11.6 Å². The van der Waals surface area contributed by atoms with Gasteiger partial charge in [0.1, 0.15) is 5.82 Å². The second-order valence-electron chi connectivity index (χ2n) is 7.05. The number of hydrogen-bond acceptors (Lipinski definition) is 5. The third-order valence-corrected chi connectivity index (χ3v) is 5.05. The molecule has 3 heterocycles. The molecule has 2 aromatic rings. The van der Waals surface area contributed by atoms with E-state index in [-0.39, 0.29) is 11.8 Å². The Morgan fingerprint density at radius 2 is 2.20 bits per heavy atom. The van der Waals surface area contributed by atoms with Crippen LogP contribution in [0.25, 0.3) is 5.65 Å². The number of carbonyl (C=O) groups excluding carboxylic acids is 1. The summed E-state index contributed by atoms with van der Waals surface area (Å²) >= 11 is 0. The molecule has 136 valence electrons. The Kier molecular flexibility index (Phi) is 5.22. The highest BCUT2D eigenvalue weighted by Gasteiger charge is 2.23. The molecule has 1 atom stereocenters. The molecular weight excluding hydrogens is 316 g/mol. The summed E-state index contributed by atoms with van der Waals surface area (Å²) in [5.74, 6) is 0.827. The molecular formula is C18H28N6O. The lowest BCUT2D eigenvalue weighted by Gasteiger charge is -2.31. The van der Waals surface area contributed by atoms with E-state index in [1.54, 1.807) is 0 Å². The minimum absolute atomic E-state index is 0.0132. The van der Waals surface area contributed by atoms with E-state index in [1.165, 1.54) is 0 Å². The van der Waals surface area contributed by atoms with Crippen LogP contribution in [-0.2, 0) is 4.79 Å². The number of nitrogens with one attached hydrogen (secondary N) is 1. The molecule has 1 saturated heterocycles. The van der Waals surface area contributed by atoms with Crippen molar-refractivity contribution in [1.29, 1.82) is 0 Å². The topological polar surface area (TPSA) is 88.5 Å². The van der Waals surface area contributed by atoms with Crippen molar-refractivity contribution >= 4 is 17.4 Å². The molecule has 0 saturated carbocycles. The molecule has 0 spiro atoms. The SMILES string of the molecule is Cc1cc(NCCCN2CCC[C@@H](C(N)=O)C2)n2nc(C)c(C)c2n1. The van der Waals surface area contributed by atoms with Gasteiger partial charge in [-0.3, -0.25) is 4.79 Å². The molecule has 0 radical (unpaired) electrons. The number of primary amides is 1. The van der Waals surface area contributed by atoms with E-state index < -0.39 is 0 Å². The first-order valence-corrected chi connectivity index (χ1v) is 9.05. The number of anilines is 1. The molecule has 0 bridgehead atoms. The summed E-state index contributed by atoms with van der Waals surface area (Å²) in [4.78, 5) is 18.3. The van der Waals surface area contributed by atoms with Crippen LogP contribution in [0.4, 0.5) is 5.82 Å². The highest BCUT2D eigenvalue weighted by atomic mass is 16.1. The molecule has 25 heavy (non-hydrogen) atoms. The third kappa shape index (κ3) is 3.92. The molecule has 0 aliphatic carbocycles. The number of aryl methyl sites for hydroxylation is 3. The Hall–Kier alpha value is -2.15. The van der Waals surface area contributed by atoms with E-state index in [9.17, 15) is 4.79 Å². The van der Waals surface area contributed by atoms with Gasteiger partial charge in [-0.15, -0.1) is 0 Å². The molecule has 1 aliphatic heterocycles. The van der Waals surface area contributed by atoms with Gasteiger partial charge in [0.2, 0.25) is 5.91 Å². The fourth-order valence-electron chi connectivity index (χ4n) is 3.49. The van der Waals surface area contributed by atoms with Crippen LogP contribution < -0.4 is 11.1 Å². The number of aromatic nitrogens is 3. The van der Waals surface area contributed by atoms with Gasteiger partial charge in [-0.05, 0) is 53.1 Å². The number of likely N-dealkylation sites (tertiary alicyclic amines) is 1. The molecule has 3 N–H and O–H groups in total. The van der Waals surface area contributed by atoms with Gasteiger partial charge >= 0.3 is 0 Å². The van der Waals surface area contributed by atoms with Gasteiger partial charge < -0.3 is 16.0 Å². The summed E-state index contributed by atoms with van der Waals surface area (Å²) in [6.07, 6.45) is 2.99. The smallest absolute Gasteiger partial charge is 0.221 e. The predicted molar refractivity (Wildman–Crippen MR) is 98.7 cm³/mol. The number of carbonyl (C=O) groups is 1. The minimum atomic E-state index is -0.165. The Labute approximate surface area is 148 Å². The second-order valence-corrected chi connectivity index (χ2v) is 7.05. The van der Waals surface area contributed by atoms with E-state index in [0.29, 0.717) is 0 Å². The largest absolute Gasteiger partial charge is 0.370 e. The Morgan fingerprint density at radius 1 is 1.40 bits per heavy atom. The quantitative estimate of drug-likeness (QED) is 0.778. The highest BCUT2D eigenvalue weighted by molar-refractivity contribution is 5.76. The van der Waals surface area contributed by atoms with Gasteiger partial charge in [-0.1, -0.05) is 0 Å². The van der Waals surface area contributed by atoms with E-state index in [4.69, 9.17) is 5.73 Å². The first-order chi connectivity index (χ1) is 12.0. The van der Waals surface area contributed by atoms with Crippen LogP contribution in [0, 0.1) is 26.7 Å². The first kappa shape index (κ1) is 17.7. The third-order valence-electron chi connectivity index (χ3n) is 5.05. The lowest BCUT2D eigenvalue weighted by Crippen LogP contribution is -2.41. The van der Waals surface area contributed by atoms with Gasteiger partial charge in [-0.2, -0.15) is 9.61 Å². The maximum atomic E-state index is 11.4. The van der Waals surface area contributed by atoms with Crippen molar-refractivity contribution < 1.29 is 4.79 Å². The monoisotopic (exact) mass is 344 g/mol. The van der Waals surface area contributed by atoms with Crippen LogP contribution in [0.5, 0.6) is 0 Å². The molecule has 1 amide bonds. The normalized spacial score (nSPS) is 18.6. The maximum absolute atomic E-state index is 11.4. The van der Waals surface area contributed by atoms with Crippen LogP contribution in [-0.4, -0.2) is 51.6 Å². The van der Waals surface area contributed by atoms with Gasteiger partial charge in [0.25, 0.3) is 0 Å². The number of amides is 1. The van der Waals surface area contributed by atoms with E-state index in [0.717, 1.165) is 73.9 Å². The zero-order chi connectivity index (χ0) is 18.0. The Morgan fingerprint density at radius 3 is 2.96 bits per heavy atom. The van der Waals surface area contributed by atoms with Crippen molar-refractivity contribution in [2.75, 3.05) is 31.5 Å². The molecule has 3 rings (SSSR count). The zero-order valence-corrected chi connectivity index (χ0v) is 15.4. The average molecular weight is 344 g/mol. The summed E-state index contributed by atoms with van der Waals surface area (Å²) in [7, 11) is 0. The number of hydrogen-bond donors (Lipinski definition) is 2. The van der Waals surface area contributed by atoms with Crippen LogP contribution in [0.2, 0.25) is 0 Å². The zero-order valence-electron chi connectivity index (χ0n) is 15.4. The van der Waals surface area contributed by atoms with Crippen LogP contribution in [0.1, 0.15) is 36.2 Å². The summed E-state index contributed by atoms with van der Waals surface area (Å²) in [5, 5.41) is 8.07. The van der Waals surface area contributed by atoms with Crippen molar-refractivity contribution in [2.45, 2.75) is 40.0 Å². The standard InChI is InChI=1S/C18H28N6O/c1-12-10-16(24-18(21-12)13(2)14(3)22-24)20-7-5-9-23-8-4-6-15(11-23)17(19)25/h10,15,20H,4-9,11H2,1-3H3,(H2,19,25)/t15-/m1/s1. The highest BCUT2D eigenvalue weighted by Crippen LogP contribution is 2.19. The average Bonchev–Trinajstić information content (AvgIpc) is 2.87. The number of piperidine rings is 1. The summed E-state index contributed by atoms with van der Waals surface area (Å²) in [5.41, 5.74) is 9.48. The molecule has 1 aliphatic rings. The van der Waals surface area contributed by atoms with Crippen LogP contribution >= 0.6 is 0 Å². The Bertz CT molecular complexity index is 769. The second kappa shape index (κ2) is 7.39. The van der Waals surface area contributed by atoms with Crippen LogP contribution in [0.3, 0.4) is 0 Å². The first-order valence-electron chi connectivity index (χ1n) is 9.05. The van der Waals surface area contributed by atoms with E-state index >= 15 is 0 Å². The van der Waals surface area contributed by atoms with E-state index in [1.807, 2.05) is 24.4 Å². The number of nitrogens with zero attached hydrogens (tertiary/aromatic N) is 4. The summed E-state index contributed by atoms with van der Waals surface area (Å²) in [6.45, 7) is 9.75. The molecule has 7 nitrogen and oxygen atoms in total. The molecule has 0 unspecified atom stereocenters. The van der Waals surface area contributed by atoms with Gasteiger partial charge in [0, 0.05) is 30.4 Å². The number of rotatable bonds is 6. The molecule has 1 fully saturated rings. The van der Waals surface area contributed by atoms with Crippen molar-refractivity contribution in [3.63, 3.8) is 0 Å². The number of fused-ring (bicyclic) bond motifs is 1. The molecule has 7 heteroatoms.